The molecule has 8 unspecified atom stereocenters. The Morgan fingerprint density at radius 2 is 1.27 bits per heavy atom. The number of hydrazine groups is 1. The first kappa shape index (κ1) is 45.9. The average molecular weight is 745 g/mol. The van der Waals surface area contributed by atoms with Gasteiger partial charge in [0.05, 0.1) is 25.4 Å². The molecule has 11 atom stereocenters. The van der Waals surface area contributed by atoms with Crippen LogP contribution in [0.3, 0.4) is 0 Å². The summed E-state index contributed by atoms with van der Waals surface area (Å²) in [4.78, 5) is 0. The minimum absolute atomic E-state index is 0.0418. The van der Waals surface area contributed by atoms with E-state index in [4.69, 9.17) is 14.2 Å². The van der Waals surface area contributed by atoms with Crippen LogP contribution in [-0.2, 0) is 14.2 Å². The van der Waals surface area contributed by atoms with E-state index < -0.39 is 55.4 Å². The third kappa shape index (κ3) is 17.6. The predicted molar refractivity (Wildman–Crippen MR) is 204 cm³/mol. The number of unbranched alkanes of at least 4 members (excludes halogenated alkanes) is 18. The third-order valence-electron chi connectivity index (χ3n) is 12.0. The van der Waals surface area contributed by atoms with Crippen molar-refractivity contribution in [1.82, 2.24) is 10.9 Å². The first-order valence-electron chi connectivity index (χ1n) is 21.7. The lowest BCUT2D eigenvalue weighted by molar-refractivity contribution is -0.305. The summed E-state index contributed by atoms with van der Waals surface area (Å²) in [7, 11) is 0. The summed E-state index contributed by atoms with van der Waals surface area (Å²) < 4.78 is 17.0. The Bertz CT molecular complexity index is 851. The van der Waals surface area contributed by atoms with E-state index in [-0.39, 0.29) is 18.7 Å². The van der Waals surface area contributed by atoms with Gasteiger partial charge in [-0.3, -0.25) is 10.9 Å². The van der Waals surface area contributed by atoms with Crippen molar-refractivity contribution in [1.29, 1.82) is 0 Å². The van der Waals surface area contributed by atoms with Crippen molar-refractivity contribution < 1.29 is 44.8 Å². The van der Waals surface area contributed by atoms with Crippen LogP contribution in [0.1, 0.15) is 167 Å². The van der Waals surface area contributed by atoms with E-state index in [9.17, 15) is 30.6 Å². The summed E-state index contributed by atoms with van der Waals surface area (Å²) >= 11 is 0. The lowest BCUT2D eigenvalue weighted by Crippen LogP contribution is -2.59. The number of ether oxygens (including phenoxy) is 3. The molecule has 0 spiro atoms. The third-order valence-corrected chi connectivity index (χ3v) is 12.0. The fourth-order valence-corrected chi connectivity index (χ4v) is 8.33. The summed E-state index contributed by atoms with van der Waals surface area (Å²) in [6, 6.07) is 0.0531. The number of nitrogens with one attached hydrogen (secondary N) is 2. The highest BCUT2D eigenvalue weighted by atomic mass is 16.7. The molecular weight excluding hydrogens is 664 g/mol. The molecule has 3 aliphatic rings. The lowest BCUT2D eigenvalue weighted by atomic mass is 9.86. The monoisotopic (exact) mass is 745 g/mol. The van der Waals surface area contributed by atoms with E-state index in [0.717, 1.165) is 57.7 Å². The zero-order valence-electron chi connectivity index (χ0n) is 32.8. The molecule has 0 aromatic heterocycles. The van der Waals surface area contributed by atoms with E-state index in [0.29, 0.717) is 6.42 Å². The van der Waals surface area contributed by atoms with Gasteiger partial charge in [0.25, 0.3) is 0 Å². The summed E-state index contributed by atoms with van der Waals surface area (Å²) in [6.45, 7) is 3.58. The Morgan fingerprint density at radius 3 is 1.85 bits per heavy atom. The van der Waals surface area contributed by atoms with Gasteiger partial charge in [0, 0.05) is 31.2 Å². The van der Waals surface area contributed by atoms with Crippen LogP contribution in [-0.4, -0.2) is 112 Å². The number of rotatable bonds is 31. The molecule has 0 amide bonds. The standard InChI is InChI=1S/C41H80N2O9/c1-2-3-4-5-6-7-8-9-10-15-18-21-24-35(45)37(46)33(30-51-41-40(49)39(48)38(47)36(28-44)52-41)34-27-32(42-43-34)23-20-17-14-12-11-13-16-19-22-31-25-26-50-29-31/h31-49H,2-30H2,1H3/t31?,32?,33-,34?,35-,36?,37+,38?,39?,40?,41?/m1/s1. The maximum Gasteiger partial charge on any atom is 0.186 e. The smallest absolute Gasteiger partial charge is 0.186 e. The van der Waals surface area contributed by atoms with E-state index in [1.165, 1.54) is 116 Å². The first-order chi connectivity index (χ1) is 25.3. The van der Waals surface area contributed by atoms with E-state index in [1.54, 1.807) is 0 Å². The lowest BCUT2D eigenvalue weighted by Gasteiger charge is -2.40. The predicted octanol–water partition coefficient (Wildman–Crippen LogP) is 5.40. The van der Waals surface area contributed by atoms with Crippen LogP contribution in [0.5, 0.6) is 0 Å². The largest absolute Gasteiger partial charge is 0.394 e. The van der Waals surface area contributed by atoms with Crippen LogP contribution >= 0.6 is 0 Å². The molecule has 52 heavy (non-hydrogen) atoms. The zero-order valence-corrected chi connectivity index (χ0v) is 32.8. The van der Waals surface area contributed by atoms with Crippen molar-refractivity contribution in [3.63, 3.8) is 0 Å². The van der Waals surface area contributed by atoms with Crippen molar-refractivity contribution in [2.45, 2.75) is 222 Å². The maximum atomic E-state index is 11.5. The van der Waals surface area contributed by atoms with Crippen LogP contribution in [0.2, 0.25) is 0 Å². The molecule has 0 radical (unpaired) electrons. The zero-order chi connectivity index (χ0) is 37.4. The minimum atomic E-state index is -1.54. The molecule has 11 nitrogen and oxygen atoms in total. The van der Waals surface area contributed by atoms with E-state index in [2.05, 4.69) is 17.8 Å². The van der Waals surface area contributed by atoms with Crippen LogP contribution < -0.4 is 10.9 Å². The molecule has 0 saturated carbocycles. The Balaban J connectivity index is 1.37. The average Bonchev–Trinajstić information content (AvgIpc) is 3.85. The topological polar surface area (TPSA) is 173 Å². The second kappa shape index (κ2) is 28.0. The van der Waals surface area contributed by atoms with Gasteiger partial charge in [-0.25, -0.2) is 0 Å². The molecule has 0 aliphatic carbocycles. The molecule has 11 heteroatoms. The molecule has 308 valence electrons. The number of hydrogen-bond acceptors (Lipinski definition) is 11. The Kier molecular flexibility index (Phi) is 24.8. The first-order valence-corrected chi connectivity index (χ1v) is 21.7. The van der Waals surface area contributed by atoms with Gasteiger partial charge in [0.15, 0.2) is 6.29 Å². The Labute approximate surface area is 315 Å². The summed E-state index contributed by atoms with van der Waals surface area (Å²) in [5, 5.41) is 63.1. The van der Waals surface area contributed by atoms with Gasteiger partial charge in [-0.2, -0.15) is 0 Å². The molecule has 3 fully saturated rings. The van der Waals surface area contributed by atoms with Crippen molar-refractivity contribution in [2.75, 3.05) is 26.4 Å². The number of aliphatic hydroxyl groups excluding tert-OH is 6. The fraction of sp³-hybridized carbons (Fsp3) is 1.00. The molecule has 0 bridgehead atoms. The van der Waals surface area contributed by atoms with Crippen molar-refractivity contribution in [3.8, 4) is 0 Å². The highest BCUT2D eigenvalue weighted by Gasteiger charge is 2.45. The van der Waals surface area contributed by atoms with Crippen LogP contribution in [0.4, 0.5) is 0 Å². The highest BCUT2D eigenvalue weighted by Crippen LogP contribution is 2.28. The van der Waals surface area contributed by atoms with Crippen molar-refractivity contribution in [2.24, 2.45) is 11.8 Å². The van der Waals surface area contributed by atoms with Crippen LogP contribution in [0, 0.1) is 11.8 Å². The molecule has 0 aromatic rings. The SMILES string of the molecule is CCCCCCCCCCCCCC[C@@H](O)[C@@H](O)[C@H](COC1OC(CO)C(O)C(O)C1O)C1CC(CCCCCCCCCCC2CCOC2)NN1. The quantitative estimate of drug-likeness (QED) is 0.0427. The van der Waals surface area contributed by atoms with Gasteiger partial charge < -0.3 is 44.8 Å². The summed E-state index contributed by atoms with van der Waals surface area (Å²) in [5.74, 6) is 0.277. The van der Waals surface area contributed by atoms with Gasteiger partial charge >= 0.3 is 0 Å². The molecule has 0 aromatic carbocycles. The minimum Gasteiger partial charge on any atom is -0.394 e. The van der Waals surface area contributed by atoms with Gasteiger partial charge in [-0.05, 0) is 38.0 Å². The van der Waals surface area contributed by atoms with Gasteiger partial charge in [0.1, 0.15) is 24.4 Å². The fourth-order valence-electron chi connectivity index (χ4n) is 8.33. The molecule has 3 heterocycles. The van der Waals surface area contributed by atoms with Gasteiger partial charge in [-0.15, -0.1) is 0 Å². The number of aliphatic hydroxyl groups is 6. The highest BCUT2D eigenvalue weighted by molar-refractivity contribution is 4.93. The molecule has 3 saturated heterocycles. The van der Waals surface area contributed by atoms with Crippen molar-refractivity contribution in [3.05, 3.63) is 0 Å². The second-order valence-corrected chi connectivity index (χ2v) is 16.4. The van der Waals surface area contributed by atoms with Gasteiger partial charge in [-0.1, -0.05) is 135 Å². The molecule has 3 rings (SSSR count). The molecule has 8 N–H and O–H groups in total. The van der Waals surface area contributed by atoms with Gasteiger partial charge in [0.2, 0.25) is 0 Å². The molecule has 3 aliphatic heterocycles. The van der Waals surface area contributed by atoms with Crippen LogP contribution in [0.15, 0.2) is 0 Å². The van der Waals surface area contributed by atoms with Crippen molar-refractivity contribution >= 4 is 0 Å². The summed E-state index contributed by atoms with van der Waals surface area (Å²) in [6.07, 6.45) is 20.9. The molecular formula is C41H80N2O9. The second-order valence-electron chi connectivity index (χ2n) is 16.4. The Hall–Kier alpha value is -0.440. The normalized spacial score (nSPS) is 29.8. The summed E-state index contributed by atoms with van der Waals surface area (Å²) in [5.41, 5.74) is 6.76. The maximum absolute atomic E-state index is 11.5. The van der Waals surface area contributed by atoms with E-state index in [1.807, 2.05) is 0 Å². The van der Waals surface area contributed by atoms with Crippen LogP contribution in [0.25, 0.3) is 0 Å². The Morgan fingerprint density at radius 1 is 0.692 bits per heavy atom. The van der Waals surface area contributed by atoms with E-state index >= 15 is 0 Å². The number of hydrogen-bond donors (Lipinski definition) is 8.